The highest BCUT2D eigenvalue weighted by Gasteiger charge is 2.15. The van der Waals surface area contributed by atoms with Crippen LogP contribution in [0, 0.1) is 10.1 Å². The minimum Gasteiger partial charge on any atom is -0.494 e. The molecule has 0 aliphatic rings. The van der Waals surface area contributed by atoms with Crippen molar-refractivity contribution in [3.05, 3.63) is 47.0 Å². The van der Waals surface area contributed by atoms with Crippen LogP contribution in [-0.2, 0) is 0 Å². The van der Waals surface area contributed by atoms with Gasteiger partial charge in [-0.15, -0.1) is 6.58 Å². The van der Waals surface area contributed by atoms with Crippen molar-refractivity contribution in [2.24, 2.45) is 0 Å². The average Bonchev–Trinajstić information content (AvgIpc) is 2.29. The molecule has 0 bridgehead atoms. The molecule has 0 fully saturated rings. The summed E-state index contributed by atoms with van der Waals surface area (Å²) < 4.78 is 5.82. The second-order valence-electron chi connectivity index (χ2n) is 4.18. The van der Waals surface area contributed by atoms with E-state index in [4.69, 9.17) is 4.74 Å². The molecule has 0 amide bonds. The molecule has 1 atom stereocenters. The Balaban J connectivity index is 2.73. The molecule has 17 heavy (non-hydrogen) atoms. The van der Waals surface area contributed by atoms with E-state index in [0.29, 0.717) is 5.75 Å². The van der Waals surface area contributed by atoms with Gasteiger partial charge >= 0.3 is 0 Å². The number of hydrogen-bond acceptors (Lipinski definition) is 3. The Hall–Kier alpha value is -1.62. The van der Waals surface area contributed by atoms with E-state index in [0.717, 1.165) is 6.42 Å². The second-order valence-corrected chi connectivity index (χ2v) is 7.41. The first-order chi connectivity index (χ1) is 8.04. The van der Waals surface area contributed by atoms with Crippen LogP contribution >= 0.6 is 0 Å². The molecule has 0 saturated heterocycles. The molecular weight excluding hydrogens is 234 g/mol. The Morgan fingerprint density at radius 3 is 2.47 bits per heavy atom. The van der Waals surface area contributed by atoms with Crippen LogP contribution < -0.4 is 4.74 Å². The lowest BCUT2D eigenvalue weighted by Gasteiger charge is -2.20. The van der Waals surface area contributed by atoms with Crippen molar-refractivity contribution >= 4 is 14.5 Å². The maximum Gasteiger partial charge on any atom is 0.269 e. The van der Waals surface area contributed by atoms with Gasteiger partial charge in [-0.3, -0.25) is 10.1 Å². The minimum absolute atomic E-state index is 0.0828. The molecule has 0 spiro atoms. The lowest BCUT2D eigenvalue weighted by molar-refractivity contribution is -0.384. The van der Waals surface area contributed by atoms with E-state index in [-0.39, 0.29) is 11.4 Å². The van der Waals surface area contributed by atoms with Gasteiger partial charge < -0.3 is 4.74 Å². The number of nitrogens with zero attached hydrogens (tertiary/aromatic N) is 1. The van der Waals surface area contributed by atoms with Gasteiger partial charge in [0.2, 0.25) is 0 Å². The number of non-ortho nitro benzene ring substituents is 1. The topological polar surface area (TPSA) is 52.4 Å². The zero-order valence-corrected chi connectivity index (χ0v) is 11.3. The van der Waals surface area contributed by atoms with E-state index in [2.05, 4.69) is 19.7 Å². The third-order valence-corrected chi connectivity index (χ3v) is 4.37. The summed E-state index contributed by atoms with van der Waals surface area (Å²) in [7, 11) is -0.932. The molecule has 0 heterocycles. The summed E-state index contributed by atoms with van der Waals surface area (Å²) in [6, 6.07) is 6.21. The molecule has 0 N–H and O–H groups in total. The summed E-state index contributed by atoms with van der Waals surface area (Å²) >= 11 is 0. The Morgan fingerprint density at radius 1 is 1.47 bits per heavy atom. The van der Waals surface area contributed by atoms with E-state index in [1.807, 2.05) is 6.08 Å². The molecule has 0 radical (unpaired) electrons. The molecule has 92 valence electrons. The van der Waals surface area contributed by atoms with Gasteiger partial charge in [-0.25, -0.2) is 0 Å². The highest BCUT2D eigenvalue weighted by atomic mass is 28.3. The fraction of sp³-hybridized carbons (Fsp3) is 0.333. The molecule has 1 aromatic rings. The molecule has 4 nitrogen and oxygen atoms in total. The number of nitro groups is 1. The summed E-state index contributed by atoms with van der Waals surface area (Å²) in [4.78, 5) is 10.1. The van der Waals surface area contributed by atoms with Crippen molar-refractivity contribution in [3.8, 4) is 5.75 Å². The molecule has 5 heteroatoms. The number of rotatable bonds is 6. The summed E-state index contributed by atoms with van der Waals surface area (Å²) in [6.07, 6.45) is 2.67. The van der Waals surface area contributed by atoms with E-state index >= 15 is 0 Å². The number of ether oxygens (including phenoxy) is 1. The molecular formula is C12H17NO3Si. The maximum atomic E-state index is 10.5. The smallest absolute Gasteiger partial charge is 0.269 e. The predicted molar refractivity (Wildman–Crippen MR) is 71.2 cm³/mol. The molecule has 0 saturated carbocycles. The van der Waals surface area contributed by atoms with Crippen LogP contribution in [0.3, 0.4) is 0 Å². The zero-order chi connectivity index (χ0) is 12.8. The Kier molecular flexibility index (Phi) is 4.90. The molecule has 0 aromatic heterocycles. The lowest BCUT2D eigenvalue weighted by atomic mass is 10.3. The van der Waals surface area contributed by atoms with Crippen LogP contribution in [0.25, 0.3) is 0 Å². The van der Waals surface area contributed by atoms with Crippen LogP contribution in [0.15, 0.2) is 36.9 Å². The summed E-state index contributed by atoms with van der Waals surface area (Å²) in [5.74, 6) is 0.684. The molecule has 1 unspecified atom stereocenters. The normalized spacial score (nSPS) is 12.2. The summed E-state index contributed by atoms with van der Waals surface area (Å²) in [5.41, 5.74) is 0.272. The van der Waals surface area contributed by atoms with E-state index < -0.39 is 13.7 Å². The zero-order valence-electron chi connectivity index (χ0n) is 10.1. The molecule has 0 aliphatic carbocycles. The van der Waals surface area contributed by atoms with Gasteiger partial charge in [0, 0.05) is 12.1 Å². The second kappa shape index (κ2) is 6.20. The summed E-state index contributed by atoms with van der Waals surface area (Å²) in [6.45, 7) is 8.13. The van der Waals surface area contributed by atoms with Crippen LogP contribution in [0.5, 0.6) is 5.75 Å². The first-order valence-electron chi connectivity index (χ1n) is 5.56. The van der Waals surface area contributed by atoms with E-state index in [1.165, 1.54) is 12.1 Å². The Bertz CT molecular complexity index is 389. The number of hydrogen-bond donors (Lipinski definition) is 0. The number of nitro benzene ring substituents is 1. The quantitative estimate of drug-likeness (QED) is 0.338. The predicted octanol–water partition coefficient (Wildman–Crippen LogP) is 2.94. The largest absolute Gasteiger partial charge is 0.494 e. The maximum absolute atomic E-state index is 10.5. The monoisotopic (exact) mass is 251 g/mol. The Morgan fingerprint density at radius 2 is 2.06 bits per heavy atom. The number of benzene rings is 1. The fourth-order valence-electron chi connectivity index (χ4n) is 1.44. The fourth-order valence-corrected chi connectivity index (χ4v) is 2.61. The minimum atomic E-state index is -0.932. The van der Waals surface area contributed by atoms with Gasteiger partial charge in [-0.2, -0.15) is 0 Å². The van der Waals surface area contributed by atoms with Crippen molar-refractivity contribution in [1.82, 2.24) is 0 Å². The van der Waals surface area contributed by atoms with Crippen molar-refractivity contribution in [1.29, 1.82) is 0 Å². The SMILES string of the molecule is C=CCC(Oc1ccc([N+](=O)[O-])cc1)[SiH](C)C. The van der Waals surface area contributed by atoms with Crippen LogP contribution in [0.2, 0.25) is 13.1 Å². The van der Waals surface area contributed by atoms with Gasteiger partial charge in [-0.1, -0.05) is 19.2 Å². The first kappa shape index (κ1) is 13.4. The van der Waals surface area contributed by atoms with Gasteiger partial charge in [0.1, 0.15) is 5.75 Å². The highest BCUT2D eigenvalue weighted by Crippen LogP contribution is 2.19. The molecule has 0 aliphatic heterocycles. The molecule has 1 rings (SSSR count). The van der Waals surface area contributed by atoms with Gasteiger partial charge in [0.05, 0.1) is 19.4 Å². The van der Waals surface area contributed by atoms with Crippen LogP contribution in [0.1, 0.15) is 6.42 Å². The van der Waals surface area contributed by atoms with Crippen molar-refractivity contribution in [2.75, 3.05) is 0 Å². The third kappa shape index (κ3) is 4.03. The standard InChI is InChI=1S/C12H17NO3Si/c1-4-5-12(17(2)3)16-11-8-6-10(7-9-11)13(14)15/h4,6-9,12,17H,1,5H2,2-3H3. The summed E-state index contributed by atoms with van der Waals surface area (Å²) in [5, 5.41) is 10.5. The van der Waals surface area contributed by atoms with Crippen LogP contribution in [0.4, 0.5) is 5.69 Å². The highest BCUT2D eigenvalue weighted by molar-refractivity contribution is 6.57. The first-order valence-corrected chi connectivity index (χ1v) is 8.54. The van der Waals surface area contributed by atoms with E-state index in [9.17, 15) is 10.1 Å². The molecule has 1 aromatic carbocycles. The van der Waals surface area contributed by atoms with E-state index in [1.54, 1.807) is 12.1 Å². The van der Waals surface area contributed by atoms with Crippen molar-refractivity contribution in [2.45, 2.75) is 25.2 Å². The van der Waals surface area contributed by atoms with Gasteiger partial charge in [0.25, 0.3) is 5.69 Å². The Labute approximate surface area is 103 Å². The van der Waals surface area contributed by atoms with Gasteiger partial charge in [0.15, 0.2) is 0 Å². The van der Waals surface area contributed by atoms with Gasteiger partial charge in [-0.05, 0) is 18.6 Å². The lowest BCUT2D eigenvalue weighted by Crippen LogP contribution is -2.30. The van der Waals surface area contributed by atoms with Crippen LogP contribution in [-0.4, -0.2) is 19.4 Å². The van der Waals surface area contributed by atoms with Crippen molar-refractivity contribution < 1.29 is 9.66 Å². The van der Waals surface area contributed by atoms with Crippen molar-refractivity contribution in [3.63, 3.8) is 0 Å². The average molecular weight is 251 g/mol. The third-order valence-electron chi connectivity index (χ3n) is 2.48.